The van der Waals surface area contributed by atoms with Crippen molar-refractivity contribution in [1.82, 2.24) is 10.2 Å². The minimum absolute atomic E-state index is 0.0349. The van der Waals surface area contributed by atoms with Crippen LogP contribution in [0.25, 0.3) is 0 Å². The molecule has 1 heterocycles. The van der Waals surface area contributed by atoms with Gasteiger partial charge in [-0.2, -0.15) is 0 Å². The Labute approximate surface area is 147 Å². The third-order valence-corrected chi connectivity index (χ3v) is 5.46. The number of likely N-dealkylation sites (N-methyl/N-ethyl adjacent to an activating group) is 1. The first-order valence-corrected chi connectivity index (χ1v) is 9.07. The van der Waals surface area contributed by atoms with Crippen molar-refractivity contribution in [2.24, 2.45) is 0 Å². The fourth-order valence-electron chi connectivity index (χ4n) is 2.75. The van der Waals surface area contributed by atoms with Crippen LogP contribution in [0.15, 0.2) is 18.2 Å². The standard InChI is InChI=1S/C17H26N2O4S/c1-18-13(11-20)8-16-17(21)19(6-7-24-16)10-12-4-5-14(22-2)9-15(12)23-3/h4-5,9,13,16,18,20H,6-8,10-11H2,1-3H3/t13-,16-/m0/s1. The summed E-state index contributed by atoms with van der Waals surface area (Å²) in [5.41, 5.74) is 0.963. The number of aliphatic hydroxyl groups excluding tert-OH is 1. The minimum atomic E-state index is -0.118. The molecule has 0 unspecified atom stereocenters. The number of amides is 1. The van der Waals surface area contributed by atoms with Crippen LogP contribution in [0.2, 0.25) is 0 Å². The van der Waals surface area contributed by atoms with E-state index < -0.39 is 0 Å². The smallest absolute Gasteiger partial charge is 0.236 e. The maximum Gasteiger partial charge on any atom is 0.236 e. The van der Waals surface area contributed by atoms with Crippen molar-refractivity contribution in [2.75, 3.05) is 40.2 Å². The molecule has 0 radical (unpaired) electrons. The Morgan fingerprint density at radius 1 is 1.42 bits per heavy atom. The van der Waals surface area contributed by atoms with E-state index in [9.17, 15) is 9.90 Å². The molecular weight excluding hydrogens is 328 g/mol. The fourth-order valence-corrected chi connectivity index (χ4v) is 4.02. The highest BCUT2D eigenvalue weighted by Crippen LogP contribution is 2.29. The summed E-state index contributed by atoms with van der Waals surface area (Å²) in [5.74, 6) is 2.48. The van der Waals surface area contributed by atoms with E-state index in [0.29, 0.717) is 13.0 Å². The molecule has 2 atom stereocenters. The summed E-state index contributed by atoms with van der Waals surface area (Å²) in [4.78, 5) is 14.6. The van der Waals surface area contributed by atoms with Crippen molar-refractivity contribution in [1.29, 1.82) is 0 Å². The zero-order valence-corrected chi connectivity index (χ0v) is 15.3. The number of carbonyl (C=O) groups excluding carboxylic acids is 1. The number of ether oxygens (including phenoxy) is 2. The average Bonchev–Trinajstić information content (AvgIpc) is 2.62. The van der Waals surface area contributed by atoms with E-state index in [1.807, 2.05) is 23.1 Å². The molecule has 0 aliphatic carbocycles. The molecule has 0 bridgehead atoms. The lowest BCUT2D eigenvalue weighted by Gasteiger charge is -2.33. The van der Waals surface area contributed by atoms with Crippen LogP contribution in [0, 0.1) is 0 Å². The van der Waals surface area contributed by atoms with Crippen molar-refractivity contribution in [3.63, 3.8) is 0 Å². The van der Waals surface area contributed by atoms with E-state index in [1.165, 1.54) is 0 Å². The SMILES string of the molecule is CN[C@H](CO)C[C@@H]1SCCN(Cc2ccc(OC)cc2OC)C1=O. The molecule has 1 aliphatic heterocycles. The van der Waals surface area contributed by atoms with Crippen molar-refractivity contribution in [3.8, 4) is 11.5 Å². The van der Waals surface area contributed by atoms with Gasteiger partial charge in [0.1, 0.15) is 11.5 Å². The number of rotatable bonds is 8. The molecule has 0 aromatic heterocycles. The van der Waals surface area contributed by atoms with Crippen LogP contribution in [-0.4, -0.2) is 67.4 Å². The number of nitrogens with zero attached hydrogens (tertiary/aromatic N) is 1. The second-order valence-electron chi connectivity index (χ2n) is 5.70. The van der Waals surface area contributed by atoms with Gasteiger partial charge in [0, 0.05) is 36.5 Å². The Morgan fingerprint density at radius 3 is 2.83 bits per heavy atom. The molecule has 0 saturated carbocycles. The van der Waals surface area contributed by atoms with Crippen LogP contribution < -0.4 is 14.8 Å². The first kappa shape index (κ1) is 18.9. The maximum atomic E-state index is 12.8. The number of benzene rings is 1. The van der Waals surface area contributed by atoms with E-state index in [4.69, 9.17) is 9.47 Å². The highest BCUT2D eigenvalue weighted by atomic mass is 32.2. The lowest BCUT2D eigenvalue weighted by Crippen LogP contribution is -2.46. The highest BCUT2D eigenvalue weighted by Gasteiger charge is 2.31. The fraction of sp³-hybridized carbons (Fsp3) is 0.588. The topological polar surface area (TPSA) is 71.0 Å². The first-order valence-electron chi connectivity index (χ1n) is 8.02. The molecule has 7 heteroatoms. The summed E-state index contributed by atoms with van der Waals surface area (Å²) in [7, 11) is 5.04. The number of hydrogen-bond acceptors (Lipinski definition) is 6. The van der Waals surface area contributed by atoms with E-state index in [-0.39, 0.29) is 23.8 Å². The molecule has 2 N–H and O–H groups in total. The van der Waals surface area contributed by atoms with Crippen molar-refractivity contribution in [3.05, 3.63) is 23.8 Å². The lowest BCUT2D eigenvalue weighted by atomic mass is 10.1. The predicted molar refractivity (Wildman–Crippen MR) is 95.8 cm³/mol. The monoisotopic (exact) mass is 354 g/mol. The Hall–Kier alpha value is -1.44. The third-order valence-electron chi connectivity index (χ3n) is 4.25. The Balaban J connectivity index is 2.07. The number of carbonyl (C=O) groups is 1. The number of aliphatic hydroxyl groups is 1. The molecule has 1 aromatic rings. The van der Waals surface area contributed by atoms with Crippen LogP contribution in [0.1, 0.15) is 12.0 Å². The van der Waals surface area contributed by atoms with Gasteiger partial charge in [-0.05, 0) is 25.6 Å². The summed E-state index contributed by atoms with van der Waals surface area (Å²) in [6, 6.07) is 5.59. The van der Waals surface area contributed by atoms with Gasteiger partial charge in [0.05, 0.1) is 26.1 Å². The number of methoxy groups -OCH3 is 2. The predicted octanol–water partition coefficient (Wildman–Crippen LogP) is 1.12. The van der Waals surface area contributed by atoms with E-state index in [1.54, 1.807) is 33.0 Å². The van der Waals surface area contributed by atoms with Crippen LogP contribution in [0.4, 0.5) is 0 Å². The number of nitrogens with one attached hydrogen (secondary N) is 1. The third kappa shape index (κ3) is 4.55. The second-order valence-corrected chi connectivity index (χ2v) is 7.01. The van der Waals surface area contributed by atoms with E-state index in [2.05, 4.69) is 5.32 Å². The second kappa shape index (κ2) is 9.15. The van der Waals surface area contributed by atoms with Gasteiger partial charge in [-0.15, -0.1) is 11.8 Å². The summed E-state index contributed by atoms with van der Waals surface area (Å²) < 4.78 is 10.6. The molecule has 1 aromatic carbocycles. The summed E-state index contributed by atoms with van der Waals surface area (Å²) in [5, 5.41) is 12.3. The summed E-state index contributed by atoms with van der Waals surface area (Å²) in [6.45, 7) is 1.28. The van der Waals surface area contributed by atoms with Crippen molar-refractivity contribution >= 4 is 17.7 Å². The molecule has 1 aliphatic rings. The van der Waals surface area contributed by atoms with E-state index in [0.717, 1.165) is 29.4 Å². The van der Waals surface area contributed by atoms with Gasteiger partial charge in [0.15, 0.2) is 0 Å². The van der Waals surface area contributed by atoms with E-state index >= 15 is 0 Å². The van der Waals surface area contributed by atoms with Crippen LogP contribution >= 0.6 is 11.8 Å². The van der Waals surface area contributed by atoms with Gasteiger partial charge >= 0.3 is 0 Å². The summed E-state index contributed by atoms with van der Waals surface area (Å²) in [6.07, 6.45) is 0.632. The van der Waals surface area contributed by atoms with Gasteiger partial charge in [0.2, 0.25) is 5.91 Å². The first-order chi connectivity index (χ1) is 11.6. The Kier molecular flexibility index (Phi) is 7.20. The highest BCUT2D eigenvalue weighted by molar-refractivity contribution is 8.00. The Morgan fingerprint density at radius 2 is 2.21 bits per heavy atom. The molecule has 6 nitrogen and oxygen atoms in total. The molecule has 24 heavy (non-hydrogen) atoms. The zero-order chi connectivity index (χ0) is 17.5. The average molecular weight is 354 g/mol. The molecule has 1 fully saturated rings. The van der Waals surface area contributed by atoms with Gasteiger partial charge in [-0.1, -0.05) is 0 Å². The van der Waals surface area contributed by atoms with Crippen molar-refractivity contribution < 1.29 is 19.4 Å². The lowest BCUT2D eigenvalue weighted by molar-refractivity contribution is -0.131. The summed E-state index contributed by atoms with van der Waals surface area (Å²) >= 11 is 1.67. The minimum Gasteiger partial charge on any atom is -0.497 e. The van der Waals surface area contributed by atoms with Crippen LogP contribution in [0.5, 0.6) is 11.5 Å². The largest absolute Gasteiger partial charge is 0.497 e. The van der Waals surface area contributed by atoms with Gasteiger partial charge in [-0.25, -0.2) is 0 Å². The zero-order valence-electron chi connectivity index (χ0n) is 14.4. The van der Waals surface area contributed by atoms with Gasteiger partial charge in [0.25, 0.3) is 0 Å². The van der Waals surface area contributed by atoms with Gasteiger partial charge in [-0.3, -0.25) is 4.79 Å². The molecule has 1 amide bonds. The maximum absolute atomic E-state index is 12.8. The number of thioether (sulfide) groups is 1. The van der Waals surface area contributed by atoms with Crippen LogP contribution in [0.3, 0.4) is 0 Å². The van der Waals surface area contributed by atoms with Crippen LogP contribution in [-0.2, 0) is 11.3 Å². The molecule has 0 spiro atoms. The Bertz CT molecular complexity index is 551. The number of hydrogen-bond donors (Lipinski definition) is 2. The quantitative estimate of drug-likeness (QED) is 0.729. The molecule has 134 valence electrons. The molecule has 2 rings (SSSR count). The normalized spacial score (nSPS) is 19.2. The molecule has 1 saturated heterocycles. The van der Waals surface area contributed by atoms with Crippen molar-refractivity contribution in [2.45, 2.75) is 24.3 Å². The molecular formula is C17H26N2O4S. The van der Waals surface area contributed by atoms with Gasteiger partial charge < -0.3 is 24.8 Å².